The highest BCUT2D eigenvalue weighted by Crippen LogP contribution is 2.38. The number of aromatic nitrogens is 5. The molecule has 0 radical (unpaired) electrons. The second-order valence-electron chi connectivity index (χ2n) is 10.1. The van der Waals surface area contributed by atoms with Gasteiger partial charge >= 0.3 is 5.69 Å². The zero-order chi connectivity index (χ0) is 31.2. The first-order chi connectivity index (χ1) is 20.4. The molecule has 0 aliphatic carbocycles. The molecule has 1 atom stereocenters. The lowest BCUT2D eigenvalue weighted by atomic mass is 10.1. The number of nitrogens with two attached hydrogens (primary N) is 1. The van der Waals surface area contributed by atoms with Crippen LogP contribution in [-0.2, 0) is 21.1 Å². The van der Waals surface area contributed by atoms with Gasteiger partial charge in [-0.25, -0.2) is 37.1 Å². The summed E-state index contributed by atoms with van der Waals surface area (Å²) in [4.78, 5) is 47.0. The molecule has 0 unspecified atom stereocenters. The largest absolute Gasteiger partial charge is 0.398 e. The molecule has 0 spiro atoms. The first-order valence-electron chi connectivity index (χ1n) is 13.3. The Bertz CT molecular complexity index is 1950. The molecule has 43 heavy (non-hydrogen) atoms. The fraction of sp³-hybridized carbons (Fsp3) is 0.286. The number of carbonyl (C=O) groups is 1. The van der Waals surface area contributed by atoms with Crippen LogP contribution < -0.4 is 16.3 Å². The van der Waals surface area contributed by atoms with Crippen molar-refractivity contribution in [3.05, 3.63) is 70.3 Å². The third-order valence-corrected chi connectivity index (χ3v) is 8.53. The van der Waals surface area contributed by atoms with Crippen molar-refractivity contribution < 1.29 is 17.6 Å². The minimum absolute atomic E-state index is 0.0223. The number of amides is 1. The Morgan fingerprint density at radius 1 is 1.26 bits per heavy atom. The molecule has 2 N–H and O–H groups in total. The molecule has 15 heteroatoms. The van der Waals surface area contributed by atoms with Gasteiger partial charge in [0.2, 0.25) is 5.91 Å². The zero-order valence-electron chi connectivity index (χ0n) is 23.6. The number of carbonyl (C=O) groups excluding carboxylic acids is 1. The van der Waals surface area contributed by atoms with Crippen molar-refractivity contribution in [2.24, 2.45) is 0 Å². The van der Waals surface area contributed by atoms with Gasteiger partial charge in [0.1, 0.15) is 23.6 Å². The monoisotopic (exact) mass is 626 g/mol. The Kier molecular flexibility index (Phi) is 7.92. The highest BCUT2D eigenvalue weighted by Gasteiger charge is 2.31. The quantitative estimate of drug-likeness (QED) is 0.192. The molecule has 1 aliphatic rings. The molecule has 5 rings (SSSR count). The molecule has 0 bridgehead atoms. The van der Waals surface area contributed by atoms with E-state index in [4.69, 9.17) is 17.3 Å². The summed E-state index contributed by atoms with van der Waals surface area (Å²) in [5.41, 5.74) is 5.26. The standard InChI is InChI=1S/C28H28ClFN8O4S/c1-5-20-24(27(33-14-32-20)43(4,41)42)38-26-16(12-17(29)23(34-26)22-18(30)8-7-9-19(22)31)25(35-28(38)40)37-11-10-36(13-15(37)3)21(39)6-2/h6-9,12,14-15H,2,5,10-11,13,31H2,1,3-4H3/t15-/m0/s1. The van der Waals surface area contributed by atoms with Gasteiger partial charge in [-0.3, -0.25) is 4.79 Å². The van der Waals surface area contributed by atoms with Crippen LogP contribution in [0, 0.1) is 5.82 Å². The van der Waals surface area contributed by atoms with Crippen molar-refractivity contribution in [3.63, 3.8) is 0 Å². The minimum atomic E-state index is -3.97. The van der Waals surface area contributed by atoms with E-state index in [1.54, 1.807) is 11.8 Å². The topological polar surface area (TPSA) is 157 Å². The molecule has 1 aromatic carbocycles. The Morgan fingerprint density at radius 2 is 2.00 bits per heavy atom. The first-order valence-corrected chi connectivity index (χ1v) is 15.5. The van der Waals surface area contributed by atoms with Crippen molar-refractivity contribution in [1.82, 2.24) is 29.4 Å². The van der Waals surface area contributed by atoms with Gasteiger partial charge in [0, 0.05) is 37.6 Å². The smallest absolute Gasteiger partial charge is 0.356 e. The third kappa shape index (κ3) is 5.31. The Balaban J connectivity index is 1.88. The maximum Gasteiger partial charge on any atom is 0.356 e. The molecule has 0 saturated carbocycles. The van der Waals surface area contributed by atoms with Crippen LogP contribution >= 0.6 is 11.6 Å². The molecular weight excluding hydrogens is 599 g/mol. The summed E-state index contributed by atoms with van der Waals surface area (Å²) >= 11 is 6.71. The number of hydrogen-bond donors (Lipinski definition) is 1. The lowest BCUT2D eigenvalue weighted by Gasteiger charge is -2.40. The molecule has 4 heterocycles. The van der Waals surface area contributed by atoms with Gasteiger partial charge in [-0.05, 0) is 37.6 Å². The van der Waals surface area contributed by atoms with Crippen LogP contribution in [0.1, 0.15) is 19.5 Å². The van der Waals surface area contributed by atoms with E-state index in [0.717, 1.165) is 17.2 Å². The lowest BCUT2D eigenvalue weighted by molar-refractivity contribution is -0.126. The van der Waals surface area contributed by atoms with Gasteiger partial charge in [0.25, 0.3) is 0 Å². The molecule has 3 aromatic heterocycles. The van der Waals surface area contributed by atoms with E-state index in [0.29, 0.717) is 19.6 Å². The second-order valence-corrected chi connectivity index (χ2v) is 12.4. The van der Waals surface area contributed by atoms with E-state index < -0.39 is 26.4 Å². The van der Waals surface area contributed by atoms with Crippen LogP contribution in [-0.4, -0.2) is 75.7 Å². The van der Waals surface area contributed by atoms with Crippen molar-refractivity contribution in [2.75, 3.05) is 36.5 Å². The van der Waals surface area contributed by atoms with Crippen molar-refractivity contribution in [1.29, 1.82) is 0 Å². The van der Waals surface area contributed by atoms with E-state index in [-0.39, 0.29) is 68.6 Å². The van der Waals surface area contributed by atoms with E-state index in [2.05, 4.69) is 26.5 Å². The Morgan fingerprint density at radius 3 is 2.63 bits per heavy atom. The number of nitrogens with zero attached hydrogens (tertiary/aromatic N) is 7. The van der Waals surface area contributed by atoms with Gasteiger partial charge in [0.15, 0.2) is 20.5 Å². The third-order valence-electron chi connectivity index (χ3n) is 7.24. The van der Waals surface area contributed by atoms with Gasteiger partial charge < -0.3 is 15.5 Å². The highest BCUT2D eigenvalue weighted by molar-refractivity contribution is 7.90. The van der Waals surface area contributed by atoms with E-state index in [9.17, 15) is 18.0 Å². The molecule has 224 valence electrons. The van der Waals surface area contributed by atoms with Gasteiger partial charge in [-0.2, -0.15) is 4.98 Å². The van der Waals surface area contributed by atoms with Crippen molar-refractivity contribution in [2.45, 2.75) is 31.3 Å². The molecule has 1 aliphatic heterocycles. The summed E-state index contributed by atoms with van der Waals surface area (Å²) in [6.07, 6.45) is 3.56. The van der Waals surface area contributed by atoms with Gasteiger partial charge in [0.05, 0.1) is 27.4 Å². The van der Waals surface area contributed by atoms with Gasteiger partial charge in [-0.1, -0.05) is 31.2 Å². The van der Waals surface area contributed by atoms with Crippen LogP contribution in [0.3, 0.4) is 0 Å². The van der Waals surface area contributed by atoms with E-state index in [1.165, 1.54) is 30.3 Å². The number of aryl methyl sites for hydroxylation is 1. The number of hydrogen-bond acceptors (Lipinski definition) is 10. The Hall–Kier alpha value is -4.43. The lowest BCUT2D eigenvalue weighted by Crippen LogP contribution is -2.54. The number of anilines is 2. The summed E-state index contributed by atoms with van der Waals surface area (Å²) in [5, 5.41) is -0.0936. The fourth-order valence-corrected chi connectivity index (χ4v) is 6.29. The number of pyridine rings is 1. The molecular formula is C28H28ClFN8O4S. The molecule has 4 aromatic rings. The summed E-state index contributed by atoms with van der Waals surface area (Å²) in [5.74, 6) is -0.698. The number of halogens is 2. The SMILES string of the molecule is C=CC(=O)N1CCN(c2nc(=O)n(-c3c(CC)ncnc3S(C)(=O)=O)c3nc(-c4c(N)cccc4F)c(Cl)cc23)[C@@H](C)C1. The minimum Gasteiger partial charge on any atom is -0.398 e. The number of fused-ring (bicyclic) bond motifs is 1. The number of sulfone groups is 1. The summed E-state index contributed by atoms with van der Waals surface area (Å²) in [6, 6.07) is 5.33. The molecule has 1 amide bonds. The predicted octanol–water partition coefficient (Wildman–Crippen LogP) is 2.80. The van der Waals surface area contributed by atoms with Gasteiger partial charge in [-0.15, -0.1) is 0 Å². The average Bonchev–Trinajstić information content (AvgIpc) is 2.96. The van der Waals surface area contributed by atoms with E-state index in [1.807, 2.05) is 11.8 Å². The summed E-state index contributed by atoms with van der Waals surface area (Å²) in [7, 11) is -3.97. The molecule has 1 saturated heterocycles. The van der Waals surface area contributed by atoms with Crippen molar-refractivity contribution >= 4 is 49.9 Å². The zero-order valence-corrected chi connectivity index (χ0v) is 25.2. The normalized spacial score (nSPS) is 15.6. The predicted molar refractivity (Wildman–Crippen MR) is 162 cm³/mol. The summed E-state index contributed by atoms with van der Waals surface area (Å²) < 4.78 is 41.8. The van der Waals surface area contributed by atoms with Crippen LogP contribution in [0.2, 0.25) is 5.02 Å². The number of benzene rings is 1. The first kappa shape index (κ1) is 30.0. The highest BCUT2D eigenvalue weighted by atomic mass is 35.5. The fourth-order valence-electron chi connectivity index (χ4n) is 5.25. The van der Waals surface area contributed by atoms with E-state index >= 15 is 4.39 Å². The van der Waals surface area contributed by atoms with Crippen LogP contribution in [0.25, 0.3) is 28.0 Å². The van der Waals surface area contributed by atoms with Crippen molar-refractivity contribution in [3.8, 4) is 16.9 Å². The molecule has 1 fully saturated rings. The van der Waals surface area contributed by atoms with Crippen LogP contribution in [0.4, 0.5) is 15.9 Å². The second kappa shape index (κ2) is 11.3. The number of rotatable bonds is 6. The summed E-state index contributed by atoms with van der Waals surface area (Å²) in [6.45, 7) is 8.13. The van der Waals surface area contributed by atoms with Crippen LogP contribution in [0.15, 0.2) is 53.1 Å². The maximum absolute atomic E-state index is 15.1. The average molecular weight is 627 g/mol. The Labute approximate surface area is 251 Å². The maximum atomic E-state index is 15.1. The number of piperazine rings is 1. The molecule has 12 nitrogen and oxygen atoms in total. The number of nitrogen functional groups attached to an aromatic ring is 1. The van der Waals surface area contributed by atoms with Crippen LogP contribution in [0.5, 0.6) is 0 Å².